The Labute approximate surface area is 184 Å². The second-order valence-electron chi connectivity index (χ2n) is 8.79. The van der Waals surface area contributed by atoms with Crippen LogP contribution in [0.2, 0.25) is 0 Å². The molecule has 1 heterocycles. The summed E-state index contributed by atoms with van der Waals surface area (Å²) in [5.41, 5.74) is 0. The summed E-state index contributed by atoms with van der Waals surface area (Å²) in [5.74, 6) is 0. The molecule has 0 aromatic heterocycles. The SMILES string of the molecule is CCCC/C=C/CCCCCCCCCCCCCOC[C@@H]1OC[C@@H](O)[C@H](O)[C@H]1O. The van der Waals surface area contributed by atoms with Gasteiger partial charge >= 0.3 is 0 Å². The molecule has 1 aliphatic heterocycles. The highest BCUT2D eigenvalue weighted by atomic mass is 16.6. The minimum Gasteiger partial charge on any atom is -0.388 e. The van der Waals surface area contributed by atoms with Gasteiger partial charge in [-0.25, -0.2) is 0 Å². The number of aliphatic hydroxyl groups excluding tert-OH is 3. The summed E-state index contributed by atoms with van der Waals surface area (Å²) in [7, 11) is 0. The zero-order valence-corrected chi connectivity index (χ0v) is 19.4. The van der Waals surface area contributed by atoms with Gasteiger partial charge in [0, 0.05) is 6.61 Å². The maximum absolute atomic E-state index is 9.84. The minimum atomic E-state index is -1.15. The molecule has 178 valence electrons. The van der Waals surface area contributed by atoms with Gasteiger partial charge in [-0.3, -0.25) is 0 Å². The Balaban J connectivity index is 1.76. The predicted octanol–water partition coefficient (Wildman–Crippen LogP) is 4.91. The van der Waals surface area contributed by atoms with Gasteiger partial charge in [-0.2, -0.15) is 0 Å². The zero-order valence-electron chi connectivity index (χ0n) is 19.4. The Morgan fingerprint density at radius 2 is 1.27 bits per heavy atom. The Hall–Kier alpha value is -0.460. The second-order valence-corrected chi connectivity index (χ2v) is 8.79. The van der Waals surface area contributed by atoms with Crippen LogP contribution < -0.4 is 0 Å². The molecule has 5 heteroatoms. The highest BCUT2D eigenvalue weighted by molar-refractivity contribution is 4.86. The van der Waals surface area contributed by atoms with Crippen molar-refractivity contribution in [3.63, 3.8) is 0 Å². The molecule has 1 fully saturated rings. The molecule has 5 nitrogen and oxygen atoms in total. The molecule has 3 N–H and O–H groups in total. The molecule has 1 aliphatic rings. The smallest absolute Gasteiger partial charge is 0.111 e. The molecule has 30 heavy (non-hydrogen) atoms. The number of hydrogen-bond donors (Lipinski definition) is 3. The van der Waals surface area contributed by atoms with Gasteiger partial charge in [-0.05, 0) is 25.7 Å². The first kappa shape index (κ1) is 27.6. The van der Waals surface area contributed by atoms with Crippen LogP contribution in [-0.2, 0) is 9.47 Å². The average molecular weight is 429 g/mol. The Kier molecular flexibility index (Phi) is 17.7. The summed E-state index contributed by atoms with van der Waals surface area (Å²) in [6, 6.07) is 0. The van der Waals surface area contributed by atoms with Crippen molar-refractivity contribution in [1.82, 2.24) is 0 Å². The Bertz CT molecular complexity index is 401. The van der Waals surface area contributed by atoms with Crippen LogP contribution in [0.4, 0.5) is 0 Å². The maximum Gasteiger partial charge on any atom is 0.111 e. The van der Waals surface area contributed by atoms with Crippen molar-refractivity contribution >= 4 is 0 Å². The summed E-state index contributed by atoms with van der Waals surface area (Å²) in [4.78, 5) is 0. The first-order chi connectivity index (χ1) is 14.7. The van der Waals surface area contributed by atoms with Crippen molar-refractivity contribution in [2.75, 3.05) is 19.8 Å². The monoisotopic (exact) mass is 428 g/mol. The van der Waals surface area contributed by atoms with Crippen LogP contribution in [-0.4, -0.2) is 59.6 Å². The third kappa shape index (κ3) is 13.8. The van der Waals surface area contributed by atoms with Gasteiger partial charge in [0.15, 0.2) is 0 Å². The number of hydrogen-bond acceptors (Lipinski definition) is 5. The normalized spacial score (nSPS) is 24.7. The summed E-state index contributed by atoms with van der Waals surface area (Å²) >= 11 is 0. The van der Waals surface area contributed by atoms with Gasteiger partial charge < -0.3 is 24.8 Å². The van der Waals surface area contributed by atoms with Crippen LogP contribution in [0.1, 0.15) is 103 Å². The van der Waals surface area contributed by atoms with Crippen molar-refractivity contribution in [3.8, 4) is 0 Å². The first-order valence-corrected chi connectivity index (χ1v) is 12.5. The fourth-order valence-corrected chi connectivity index (χ4v) is 3.83. The number of unbranched alkanes of at least 4 members (excludes halogenated alkanes) is 13. The van der Waals surface area contributed by atoms with E-state index in [0.717, 1.165) is 6.42 Å². The minimum absolute atomic E-state index is 0.0444. The quantitative estimate of drug-likeness (QED) is 0.201. The largest absolute Gasteiger partial charge is 0.388 e. The van der Waals surface area contributed by atoms with E-state index >= 15 is 0 Å². The molecule has 0 aromatic carbocycles. The summed E-state index contributed by atoms with van der Waals surface area (Å²) in [6.45, 7) is 3.20. The third-order valence-corrected chi connectivity index (χ3v) is 5.94. The van der Waals surface area contributed by atoms with E-state index < -0.39 is 24.4 Å². The molecular weight excluding hydrogens is 380 g/mol. The van der Waals surface area contributed by atoms with Gasteiger partial charge in [-0.1, -0.05) is 89.7 Å². The highest BCUT2D eigenvalue weighted by Crippen LogP contribution is 2.16. The van der Waals surface area contributed by atoms with Gasteiger partial charge in [0.1, 0.15) is 24.4 Å². The number of allylic oxidation sites excluding steroid dienone is 2. The molecule has 1 rings (SSSR count). The third-order valence-electron chi connectivity index (χ3n) is 5.94. The second kappa shape index (κ2) is 19.2. The van der Waals surface area contributed by atoms with Crippen molar-refractivity contribution in [2.24, 2.45) is 0 Å². The van der Waals surface area contributed by atoms with Crippen LogP contribution >= 0.6 is 0 Å². The zero-order chi connectivity index (χ0) is 21.9. The van der Waals surface area contributed by atoms with E-state index in [4.69, 9.17) is 9.47 Å². The maximum atomic E-state index is 9.84. The lowest BCUT2D eigenvalue weighted by molar-refractivity contribution is -0.199. The van der Waals surface area contributed by atoms with E-state index in [1.54, 1.807) is 0 Å². The van der Waals surface area contributed by atoms with E-state index in [1.165, 1.54) is 89.9 Å². The van der Waals surface area contributed by atoms with Crippen LogP contribution in [0.3, 0.4) is 0 Å². The number of rotatable bonds is 19. The fourth-order valence-electron chi connectivity index (χ4n) is 3.83. The van der Waals surface area contributed by atoms with Gasteiger partial charge in [0.05, 0.1) is 13.2 Å². The van der Waals surface area contributed by atoms with E-state index in [0.29, 0.717) is 6.61 Å². The van der Waals surface area contributed by atoms with Crippen LogP contribution in [0, 0.1) is 0 Å². The lowest BCUT2D eigenvalue weighted by Gasteiger charge is -2.35. The molecule has 0 amide bonds. The Morgan fingerprint density at radius 1 is 0.733 bits per heavy atom. The molecule has 0 aromatic rings. The molecule has 1 saturated heterocycles. The van der Waals surface area contributed by atoms with Crippen molar-refractivity contribution in [3.05, 3.63) is 12.2 Å². The van der Waals surface area contributed by atoms with Crippen LogP contribution in [0.25, 0.3) is 0 Å². The lowest BCUT2D eigenvalue weighted by Crippen LogP contribution is -2.54. The molecule has 4 atom stereocenters. The van der Waals surface area contributed by atoms with Crippen molar-refractivity contribution in [2.45, 2.75) is 128 Å². The summed E-state index contributed by atoms with van der Waals surface area (Å²) < 4.78 is 10.9. The predicted molar refractivity (Wildman–Crippen MR) is 123 cm³/mol. The standard InChI is InChI=1S/C25H48O5/c1-2-3-4-5-6-7-8-9-10-11-12-13-14-15-16-17-18-19-29-21-23-25(28)24(27)22(26)20-30-23/h5-6,22-28H,2-4,7-21H2,1H3/b6-5+/t22-,23+,24+,25+/m1/s1. The van der Waals surface area contributed by atoms with E-state index in [2.05, 4.69) is 19.1 Å². The molecule has 0 unspecified atom stereocenters. The molecule has 0 aliphatic carbocycles. The topological polar surface area (TPSA) is 79.2 Å². The molecule has 0 bridgehead atoms. The molecular formula is C25H48O5. The van der Waals surface area contributed by atoms with Crippen molar-refractivity contribution in [1.29, 1.82) is 0 Å². The van der Waals surface area contributed by atoms with E-state index in [9.17, 15) is 15.3 Å². The summed E-state index contributed by atoms with van der Waals surface area (Å²) in [5, 5.41) is 28.9. The van der Waals surface area contributed by atoms with Crippen LogP contribution in [0.5, 0.6) is 0 Å². The number of ether oxygens (including phenoxy) is 2. The van der Waals surface area contributed by atoms with Crippen LogP contribution in [0.15, 0.2) is 12.2 Å². The Morgan fingerprint density at radius 3 is 1.87 bits per heavy atom. The molecule has 0 saturated carbocycles. The fraction of sp³-hybridized carbons (Fsp3) is 0.920. The van der Waals surface area contributed by atoms with Gasteiger partial charge in [-0.15, -0.1) is 0 Å². The van der Waals surface area contributed by atoms with Gasteiger partial charge in [0.25, 0.3) is 0 Å². The number of aliphatic hydroxyl groups is 3. The molecule has 0 spiro atoms. The lowest BCUT2D eigenvalue weighted by atomic mass is 10.0. The van der Waals surface area contributed by atoms with Gasteiger partial charge in [0.2, 0.25) is 0 Å². The van der Waals surface area contributed by atoms with Crippen molar-refractivity contribution < 1.29 is 24.8 Å². The first-order valence-electron chi connectivity index (χ1n) is 12.5. The van der Waals surface area contributed by atoms with E-state index in [-0.39, 0.29) is 13.2 Å². The van der Waals surface area contributed by atoms with E-state index in [1.807, 2.05) is 0 Å². The average Bonchev–Trinajstić information content (AvgIpc) is 2.75. The molecule has 0 radical (unpaired) electrons. The summed E-state index contributed by atoms with van der Waals surface area (Å²) in [6.07, 6.45) is 20.3. The highest BCUT2D eigenvalue weighted by Gasteiger charge is 2.37.